The molecule has 5 aromatic carbocycles. The van der Waals surface area contributed by atoms with Crippen molar-refractivity contribution in [3.05, 3.63) is 174 Å². The fourth-order valence-electron chi connectivity index (χ4n) is 8.14. The molecule has 18 nitrogen and oxygen atoms in total. The van der Waals surface area contributed by atoms with Crippen LogP contribution in [0.15, 0.2) is 157 Å². The molecule has 2 fully saturated rings. The number of hydrogen-bond acceptors (Lipinski definition) is 19. The summed E-state index contributed by atoms with van der Waals surface area (Å²) >= 11 is 1.15. The second-order valence-corrected chi connectivity index (χ2v) is 21.7. The van der Waals surface area contributed by atoms with E-state index < -0.39 is 124 Å². The van der Waals surface area contributed by atoms with E-state index in [0.29, 0.717) is 4.90 Å². The highest BCUT2D eigenvalue weighted by Crippen LogP contribution is 2.43. The summed E-state index contributed by atoms with van der Waals surface area (Å²) in [4.78, 5) is 94.6. The van der Waals surface area contributed by atoms with Crippen molar-refractivity contribution in [2.45, 2.75) is 92.7 Å². The summed E-state index contributed by atoms with van der Waals surface area (Å²) < 4.78 is 68.8. The molecule has 0 radical (unpaired) electrons. The average Bonchev–Trinajstić information content (AvgIpc) is 3.66. The van der Waals surface area contributed by atoms with Gasteiger partial charge in [-0.3, -0.25) is 14.4 Å². The van der Waals surface area contributed by atoms with Crippen LogP contribution in [0.1, 0.15) is 62.2 Å². The van der Waals surface area contributed by atoms with Gasteiger partial charge in [0.25, 0.3) is 0 Å². The lowest BCUT2D eigenvalue weighted by molar-refractivity contribution is -0.253. The van der Waals surface area contributed by atoms with Crippen LogP contribution in [0.2, 0.25) is 13.1 Å². The van der Waals surface area contributed by atoms with Gasteiger partial charge in [-0.05, 0) is 73.8 Å². The first-order valence-corrected chi connectivity index (χ1v) is 27.1. The number of carbonyl (C=O) groups is 7. The molecular formula is C54H54O18SSi. The van der Waals surface area contributed by atoms with Gasteiger partial charge in [-0.1, -0.05) is 103 Å². The summed E-state index contributed by atoms with van der Waals surface area (Å²) in [6.07, 6.45) is -10.5. The summed E-state index contributed by atoms with van der Waals surface area (Å²) in [5.74, 6) is -8.21. The summed E-state index contributed by atoms with van der Waals surface area (Å²) in [5.41, 5.74) is -0.670. The molecule has 0 amide bonds. The van der Waals surface area contributed by atoms with E-state index in [0.717, 1.165) is 25.6 Å². The van der Waals surface area contributed by atoms with E-state index in [1.807, 2.05) is 0 Å². The molecule has 20 heteroatoms. The van der Waals surface area contributed by atoms with Gasteiger partial charge < -0.3 is 51.5 Å². The fraction of sp³-hybridized carbons (Fsp3) is 0.315. The molecule has 9 atom stereocenters. The van der Waals surface area contributed by atoms with E-state index in [2.05, 4.69) is 0 Å². The molecule has 0 N–H and O–H groups in total. The molecule has 0 saturated carbocycles. The van der Waals surface area contributed by atoms with Crippen molar-refractivity contribution >= 4 is 62.1 Å². The minimum atomic E-state index is -4.16. The van der Waals surface area contributed by atoms with Crippen molar-refractivity contribution in [2.75, 3.05) is 19.8 Å². The molecule has 2 aliphatic rings. The fourth-order valence-corrected chi connectivity index (χ4v) is 11.4. The lowest BCUT2D eigenvalue weighted by atomic mass is 9.99. The molecule has 0 aromatic heterocycles. The molecule has 0 unspecified atom stereocenters. The lowest BCUT2D eigenvalue weighted by Gasteiger charge is -2.47. The predicted molar refractivity (Wildman–Crippen MR) is 264 cm³/mol. The minimum absolute atomic E-state index is 0.0618. The van der Waals surface area contributed by atoms with Gasteiger partial charge in [0.05, 0.1) is 22.3 Å². The summed E-state index contributed by atoms with van der Waals surface area (Å²) in [6, 6.07) is 40.7. The van der Waals surface area contributed by atoms with Gasteiger partial charge >= 0.3 is 50.3 Å². The molecule has 0 spiro atoms. The number of ether oxygens (including phenoxy) is 9. The van der Waals surface area contributed by atoms with Crippen molar-refractivity contribution in [1.82, 2.24) is 0 Å². The highest BCUT2D eigenvalue weighted by atomic mass is 32.2. The number of carbonyl (C=O) groups excluding carboxylic acids is 7. The van der Waals surface area contributed by atoms with E-state index in [1.165, 1.54) is 55.5 Å². The van der Waals surface area contributed by atoms with E-state index in [-0.39, 0.29) is 22.3 Å². The van der Waals surface area contributed by atoms with Crippen LogP contribution < -0.4 is 0 Å². The molecule has 7 rings (SSSR count). The Morgan fingerprint density at radius 1 is 0.486 bits per heavy atom. The van der Waals surface area contributed by atoms with Crippen molar-refractivity contribution in [1.29, 1.82) is 0 Å². The maximum absolute atomic E-state index is 14.4. The van der Waals surface area contributed by atoms with Gasteiger partial charge in [-0.15, -0.1) is 0 Å². The maximum atomic E-state index is 14.4. The first-order valence-electron chi connectivity index (χ1n) is 23.4. The Kier molecular flexibility index (Phi) is 18.5. The van der Waals surface area contributed by atoms with Gasteiger partial charge in [0.15, 0.2) is 24.4 Å². The van der Waals surface area contributed by atoms with Crippen molar-refractivity contribution in [3.63, 3.8) is 0 Å². The van der Waals surface area contributed by atoms with Crippen molar-refractivity contribution in [2.24, 2.45) is 0 Å². The zero-order chi connectivity index (χ0) is 52.8. The van der Waals surface area contributed by atoms with Crippen LogP contribution >= 0.6 is 11.8 Å². The number of hydrogen-bond donors (Lipinski definition) is 0. The zero-order valence-corrected chi connectivity index (χ0v) is 42.7. The molecular weight excluding hydrogens is 997 g/mol. The monoisotopic (exact) mass is 1050 g/mol. The van der Waals surface area contributed by atoms with Crippen LogP contribution in [-0.4, -0.2) is 124 Å². The van der Waals surface area contributed by atoms with E-state index in [4.69, 9.17) is 51.5 Å². The van der Waals surface area contributed by atoms with Crippen LogP contribution in [0.5, 0.6) is 0 Å². The first-order chi connectivity index (χ1) is 35.5. The van der Waals surface area contributed by atoms with Crippen LogP contribution in [0, 0.1) is 0 Å². The Morgan fingerprint density at radius 2 is 0.932 bits per heavy atom. The third-order valence-electron chi connectivity index (χ3n) is 11.2. The smallest absolute Gasteiger partial charge is 0.338 e. The molecule has 388 valence electrons. The molecule has 74 heavy (non-hydrogen) atoms. The normalized spacial score (nSPS) is 23.3. The van der Waals surface area contributed by atoms with Crippen LogP contribution in [0.3, 0.4) is 0 Å². The molecule has 2 heterocycles. The zero-order valence-electron chi connectivity index (χ0n) is 40.9. The Labute approximate surface area is 432 Å². The Bertz CT molecular complexity index is 2720. The SMILES string of the molecule is CC(=O)OC[C@H]1O[C@H](Sc2ccccc2)[C@H](O[Si](C)(C)O[C@@]2(COC(=O)c3ccccc3)O[C@H](COC(=O)c3ccccc3)[C@@H](OC(=O)c3ccccc3)[C@@H]2OC(=O)c2ccccc2)[C@@H](OC(C)=O)[C@@H]1OC(C)=O. The number of rotatable bonds is 20. The first kappa shape index (κ1) is 54.6. The van der Waals surface area contributed by atoms with Crippen molar-refractivity contribution < 1.29 is 85.0 Å². The van der Waals surface area contributed by atoms with Crippen LogP contribution in [0.4, 0.5) is 0 Å². The second kappa shape index (κ2) is 25.2. The van der Waals surface area contributed by atoms with Gasteiger partial charge in [-0.2, -0.15) is 0 Å². The van der Waals surface area contributed by atoms with Gasteiger partial charge in [0.2, 0.25) is 5.79 Å². The molecule has 5 aromatic rings. The largest absolute Gasteiger partial charge is 0.463 e. The summed E-state index contributed by atoms with van der Waals surface area (Å²) in [6.45, 7) is 4.67. The second-order valence-electron chi connectivity index (χ2n) is 17.3. The summed E-state index contributed by atoms with van der Waals surface area (Å²) in [5, 5.41) is 0. The standard InChI is InChI=1S/C54H54O18SSi/c1-34(55)62-31-42-44(65-35(2)56)46(66-36(3)57)47(53(67-42)73-41-29-19-10-20-30-41)71-74(4,5)72-54(33-64-50(59)38-23-13-7-14-24-38)48(69-52(61)40-27-17-9-18-28-40)45(68-51(60)39-25-15-8-16-26-39)43(70-54)32-63-49(58)37-21-11-6-12-22-37/h6-30,42-48,53H,31-33H2,1-5H3/t42-,43-,44-,45-,46+,47-,48+,53-,54-/m1/s1. The maximum Gasteiger partial charge on any atom is 0.338 e. The van der Waals surface area contributed by atoms with Gasteiger partial charge in [-0.25, -0.2) is 19.2 Å². The molecule has 0 bridgehead atoms. The Morgan fingerprint density at radius 3 is 1.43 bits per heavy atom. The molecule has 0 aliphatic carbocycles. The highest BCUT2D eigenvalue weighted by molar-refractivity contribution is 7.99. The Hall–Kier alpha value is -7.20. The summed E-state index contributed by atoms with van der Waals surface area (Å²) in [7, 11) is -4.16. The Balaban J connectivity index is 1.35. The van der Waals surface area contributed by atoms with Crippen LogP contribution in [0.25, 0.3) is 0 Å². The van der Waals surface area contributed by atoms with Crippen LogP contribution in [-0.2, 0) is 65.9 Å². The molecule has 2 saturated heterocycles. The minimum Gasteiger partial charge on any atom is -0.463 e. The van der Waals surface area contributed by atoms with E-state index >= 15 is 0 Å². The highest BCUT2D eigenvalue weighted by Gasteiger charge is 2.65. The average molecular weight is 1050 g/mol. The number of esters is 7. The van der Waals surface area contributed by atoms with E-state index in [1.54, 1.807) is 116 Å². The van der Waals surface area contributed by atoms with Crippen molar-refractivity contribution in [3.8, 4) is 0 Å². The third-order valence-corrected chi connectivity index (χ3v) is 14.1. The van der Waals surface area contributed by atoms with E-state index in [9.17, 15) is 33.6 Å². The topological polar surface area (TPSA) is 221 Å². The number of thioether (sulfide) groups is 1. The lowest BCUT2D eigenvalue weighted by Crippen LogP contribution is -2.65. The number of benzene rings is 5. The quantitative estimate of drug-likeness (QED) is 0.0424. The predicted octanol–water partition coefficient (Wildman–Crippen LogP) is 7.29. The molecule has 2 aliphatic heterocycles. The van der Waals surface area contributed by atoms with Gasteiger partial charge in [0, 0.05) is 25.7 Å². The van der Waals surface area contributed by atoms with Gasteiger partial charge in [0.1, 0.15) is 43.6 Å². The third kappa shape index (κ3) is 14.5.